The van der Waals surface area contributed by atoms with Gasteiger partial charge in [-0.2, -0.15) is 0 Å². The molecule has 34 heavy (non-hydrogen) atoms. The molecule has 0 aliphatic rings. The first-order valence-corrected chi connectivity index (χ1v) is 12.3. The second-order valence-corrected chi connectivity index (χ2v) is 8.89. The topological polar surface area (TPSA) is 85.2 Å². The summed E-state index contributed by atoms with van der Waals surface area (Å²) >= 11 is 1.41. The maximum Gasteiger partial charge on any atom is 0.281 e. The van der Waals surface area contributed by atoms with Crippen molar-refractivity contribution in [2.75, 3.05) is 27.2 Å². The summed E-state index contributed by atoms with van der Waals surface area (Å²) in [4.78, 5) is 30.2. The van der Waals surface area contributed by atoms with Crippen molar-refractivity contribution in [3.8, 4) is 5.88 Å². The summed E-state index contributed by atoms with van der Waals surface area (Å²) in [6.07, 6.45) is 2.65. The predicted octanol–water partition coefficient (Wildman–Crippen LogP) is 3.48. The first kappa shape index (κ1) is 24.0. The maximum atomic E-state index is 13.5. The van der Waals surface area contributed by atoms with Gasteiger partial charge in [-0.15, -0.1) is 11.3 Å². The summed E-state index contributed by atoms with van der Waals surface area (Å²) < 4.78 is 7.00. The second kappa shape index (κ2) is 11.3. The van der Waals surface area contributed by atoms with Crippen LogP contribution in [0.1, 0.15) is 36.3 Å². The molecule has 4 aromatic rings. The fourth-order valence-corrected chi connectivity index (χ4v) is 4.76. The second-order valence-electron chi connectivity index (χ2n) is 8.06. The number of benzene rings is 1. The standard InChI is InChI=1S/C25H30N6O2S/c1-4-20(30(13-12-26-2)15-19-10-11-21(33-3)27-14-19)23-29-24-22(28-17-34-24)25(32)31(23)16-18-8-6-5-7-9-18/h5-11,14,17,20,26H,4,12-13,15-16H2,1-3H3. The number of thiazole rings is 1. The van der Waals surface area contributed by atoms with E-state index in [0.29, 0.717) is 29.3 Å². The Labute approximate surface area is 203 Å². The Hall–Kier alpha value is -3.14. The van der Waals surface area contributed by atoms with Crippen molar-refractivity contribution in [3.63, 3.8) is 0 Å². The third-order valence-corrected chi connectivity index (χ3v) is 6.56. The SMILES string of the molecule is CCC(c1nc2scnc2c(=O)n1Cc1ccccc1)N(CCNC)Cc1ccc(OC)nc1. The van der Waals surface area contributed by atoms with Crippen molar-refractivity contribution in [1.82, 2.24) is 29.7 Å². The zero-order valence-electron chi connectivity index (χ0n) is 19.8. The Balaban J connectivity index is 1.76. The number of fused-ring (bicyclic) bond motifs is 1. The van der Waals surface area contributed by atoms with E-state index in [-0.39, 0.29) is 11.6 Å². The number of nitrogens with one attached hydrogen (secondary N) is 1. The number of hydrogen-bond donors (Lipinski definition) is 1. The minimum absolute atomic E-state index is 0.0571. The summed E-state index contributed by atoms with van der Waals surface area (Å²) in [5.41, 5.74) is 4.16. The monoisotopic (exact) mass is 478 g/mol. The van der Waals surface area contributed by atoms with Crippen molar-refractivity contribution < 1.29 is 4.74 Å². The third-order valence-electron chi connectivity index (χ3n) is 5.84. The van der Waals surface area contributed by atoms with Crippen LogP contribution < -0.4 is 15.6 Å². The van der Waals surface area contributed by atoms with Crippen LogP contribution in [0.3, 0.4) is 0 Å². The minimum Gasteiger partial charge on any atom is -0.481 e. The van der Waals surface area contributed by atoms with Gasteiger partial charge in [-0.25, -0.2) is 15.0 Å². The van der Waals surface area contributed by atoms with Crippen LogP contribution in [0.25, 0.3) is 10.3 Å². The van der Waals surface area contributed by atoms with Crippen LogP contribution in [0.4, 0.5) is 0 Å². The van der Waals surface area contributed by atoms with Crippen LogP contribution in [-0.4, -0.2) is 51.7 Å². The van der Waals surface area contributed by atoms with Gasteiger partial charge in [0.05, 0.1) is 25.2 Å². The van der Waals surface area contributed by atoms with Gasteiger partial charge in [0.1, 0.15) is 5.82 Å². The molecule has 1 aromatic carbocycles. The van der Waals surface area contributed by atoms with Gasteiger partial charge in [0.15, 0.2) is 10.3 Å². The molecule has 0 spiro atoms. The molecule has 4 rings (SSSR count). The maximum absolute atomic E-state index is 13.5. The van der Waals surface area contributed by atoms with Crippen molar-refractivity contribution in [2.45, 2.75) is 32.5 Å². The Morgan fingerprint density at radius 2 is 1.97 bits per heavy atom. The van der Waals surface area contributed by atoms with Crippen LogP contribution in [0, 0.1) is 0 Å². The number of methoxy groups -OCH3 is 1. The van der Waals surface area contributed by atoms with E-state index < -0.39 is 0 Å². The van der Waals surface area contributed by atoms with Crippen molar-refractivity contribution >= 4 is 21.7 Å². The summed E-state index contributed by atoms with van der Waals surface area (Å²) in [6, 6.07) is 13.9. The first-order valence-electron chi connectivity index (χ1n) is 11.4. The van der Waals surface area contributed by atoms with Gasteiger partial charge in [-0.05, 0) is 24.6 Å². The van der Waals surface area contributed by atoms with E-state index in [1.807, 2.05) is 55.7 Å². The van der Waals surface area contributed by atoms with E-state index >= 15 is 0 Å². The summed E-state index contributed by atoms with van der Waals surface area (Å²) in [5.74, 6) is 1.36. The van der Waals surface area contributed by atoms with Crippen LogP contribution in [-0.2, 0) is 13.1 Å². The highest BCUT2D eigenvalue weighted by Gasteiger charge is 2.26. The lowest BCUT2D eigenvalue weighted by atomic mass is 10.1. The van der Waals surface area contributed by atoms with E-state index in [1.54, 1.807) is 17.2 Å². The largest absolute Gasteiger partial charge is 0.481 e. The average Bonchev–Trinajstić information content (AvgIpc) is 3.35. The number of hydrogen-bond acceptors (Lipinski definition) is 8. The normalized spacial score (nSPS) is 12.4. The van der Waals surface area contributed by atoms with Gasteiger partial charge in [-0.3, -0.25) is 14.3 Å². The molecule has 0 aliphatic heterocycles. The molecular weight excluding hydrogens is 448 g/mol. The quantitative estimate of drug-likeness (QED) is 0.353. The van der Waals surface area contributed by atoms with Crippen LogP contribution >= 0.6 is 11.3 Å². The van der Waals surface area contributed by atoms with Gasteiger partial charge < -0.3 is 10.1 Å². The third kappa shape index (κ3) is 5.32. The van der Waals surface area contributed by atoms with Gasteiger partial charge in [-0.1, -0.05) is 43.3 Å². The zero-order chi connectivity index (χ0) is 23.9. The predicted molar refractivity (Wildman–Crippen MR) is 135 cm³/mol. The van der Waals surface area contributed by atoms with E-state index in [4.69, 9.17) is 9.72 Å². The lowest BCUT2D eigenvalue weighted by molar-refractivity contribution is 0.172. The summed E-state index contributed by atoms with van der Waals surface area (Å²) in [5, 5.41) is 3.25. The van der Waals surface area contributed by atoms with Crippen LogP contribution in [0.5, 0.6) is 5.88 Å². The molecular formula is C25H30N6O2S. The van der Waals surface area contributed by atoms with Crippen LogP contribution in [0.15, 0.2) is 59.0 Å². The van der Waals surface area contributed by atoms with Crippen molar-refractivity contribution in [2.24, 2.45) is 0 Å². The highest BCUT2D eigenvalue weighted by molar-refractivity contribution is 7.16. The molecule has 1 unspecified atom stereocenters. The fourth-order valence-electron chi connectivity index (χ4n) is 4.10. The van der Waals surface area contributed by atoms with E-state index in [9.17, 15) is 4.79 Å². The highest BCUT2D eigenvalue weighted by Crippen LogP contribution is 2.27. The van der Waals surface area contributed by atoms with E-state index in [1.165, 1.54) is 11.3 Å². The Morgan fingerprint density at radius 1 is 1.15 bits per heavy atom. The van der Waals surface area contributed by atoms with Crippen LogP contribution in [0.2, 0.25) is 0 Å². The minimum atomic E-state index is -0.0942. The molecule has 0 amide bonds. The number of likely N-dealkylation sites (N-methyl/N-ethyl adjacent to an activating group) is 1. The fraction of sp³-hybridized carbons (Fsp3) is 0.360. The number of rotatable bonds is 11. The number of pyridine rings is 1. The summed E-state index contributed by atoms with van der Waals surface area (Å²) in [7, 11) is 3.56. The van der Waals surface area contributed by atoms with Gasteiger partial charge >= 0.3 is 0 Å². The molecule has 9 heteroatoms. The molecule has 0 bridgehead atoms. The van der Waals surface area contributed by atoms with Gasteiger partial charge in [0, 0.05) is 31.9 Å². The van der Waals surface area contributed by atoms with Crippen molar-refractivity contribution in [1.29, 1.82) is 0 Å². The smallest absolute Gasteiger partial charge is 0.281 e. The van der Waals surface area contributed by atoms with Gasteiger partial charge in [0.2, 0.25) is 5.88 Å². The highest BCUT2D eigenvalue weighted by atomic mass is 32.1. The molecule has 0 saturated heterocycles. The summed E-state index contributed by atoms with van der Waals surface area (Å²) in [6.45, 7) is 4.88. The van der Waals surface area contributed by atoms with Gasteiger partial charge in [0.25, 0.3) is 5.56 Å². The van der Waals surface area contributed by atoms with Crippen molar-refractivity contribution in [3.05, 3.63) is 81.5 Å². The lowest BCUT2D eigenvalue weighted by Crippen LogP contribution is -2.38. The number of nitrogens with zero attached hydrogens (tertiary/aromatic N) is 5. The molecule has 0 saturated carbocycles. The molecule has 0 radical (unpaired) electrons. The average molecular weight is 479 g/mol. The zero-order valence-corrected chi connectivity index (χ0v) is 20.6. The Kier molecular flexibility index (Phi) is 7.99. The molecule has 178 valence electrons. The first-order chi connectivity index (χ1) is 16.6. The number of aromatic nitrogens is 4. The molecule has 1 N–H and O–H groups in total. The lowest BCUT2D eigenvalue weighted by Gasteiger charge is -2.32. The molecule has 3 aromatic heterocycles. The Bertz CT molecular complexity index is 1260. The number of ether oxygens (including phenoxy) is 1. The molecule has 0 fully saturated rings. The molecule has 3 heterocycles. The Morgan fingerprint density at radius 3 is 2.65 bits per heavy atom. The van der Waals surface area contributed by atoms with E-state index in [2.05, 4.69) is 27.1 Å². The molecule has 1 atom stereocenters. The molecule has 0 aliphatic carbocycles. The van der Waals surface area contributed by atoms with E-state index in [0.717, 1.165) is 36.5 Å². The molecule has 8 nitrogen and oxygen atoms in total.